The molecule has 1 fully saturated rings. The van der Waals surface area contributed by atoms with Crippen molar-refractivity contribution < 1.29 is 17.9 Å². The van der Waals surface area contributed by atoms with Crippen molar-refractivity contribution in [1.29, 1.82) is 0 Å². The fourth-order valence-corrected chi connectivity index (χ4v) is 3.43. The van der Waals surface area contributed by atoms with Crippen molar-refractivity contribution in [2.45, 2.75) is 19.8 Å². The van der Waals surface area contributed by atoms with Gasteiger partial charge < -0.3 is 4.74 Å². The van der Waals surface area contributed by atoms with E-state index in [2.05, 4.69) is 0 Å². The minimum atomic E-state index is -2.89. The van der Waals surface area contributed by atoms with Crippen LogP contribution in [-0.2, 0) is 19.4 Å². The molecule has 0 radical (unpaired) electrons. The molecule has 4 nitrogen and oxygen atoms in total. The number of carbonyl (C=O) groups excluding carboxylic acids is 1. The first-order chi connectivity index (χ1) is 7.03. The highest BCUT2D eigenvalue weighted by Gasteiger charge is 2.29. The van der Waals surface area contributed by atoms with Crippen molar-refractivity contribution in [1.82, 2.24) is 0 Å². The fourth-order valence-electron chi connectivity index (χ4n) is 1.56. The maximum Gasteiger partial charge on any atom is 0.306 e. The van der Waals surface area contributed by atoms with Gasteiger partial charge in [0.25, 0.3) is 0 Å². The van der Waals surface area contributed by atoms with E-state index in [1.807, 2.05) is 6.92 Å². The molecule has 0 spiro atoms. The normalized spacial score (nSPS) is 24.5. The molecule has 0 aromatic rings. The Kier molecular flexibility index (Phi) is 4.32. The van der Waals surface area contributed by atoms with Crippen LogP contribution in [0.4, 0.5) is 0 Å². The summed E-state index contributed by atoms with van der Waals surface area (Å²) < 4.78 is 27.1. The molecule has 0 unspecified atom stereocenters. The van der Waals surface area contributed by atoms with Gasteiger partial charge in [0.15, 0.2) is 9.84 Å². The number of esters is 1. The number of allylic oxidation sites excluding steroid dienone is 1. The molecule has 15 heavy (non-hydrogen) atoms. The summed E-state index contributed by atoms with van der Waals surface area (Å²) in [7, 11) is -2.89. The second kappa shape index (κ2) is 5.30. The van der Waals surface area contributed by atoms with Crippen LogP contribution in [0.5, 0.6) is 0 Å². The van der Waals surface area contributed by atoms with Crippen LogP contribution in [0.25, 0.3) is 0 Å². The molecule has 86 valence electrons. The zero-order chi connectivity index (χ0) is 11.3. The minimum absolute atomic E-state index is 0.0480. The van der Waals surface area contributed by atoms with Gasteiger partial charge in [-0.3, -0.25) is 4.79 Å². The van der Waals surface area contributed by atoms with Gasteiger partial charge in [-0.25, -0.2) is 8.42 Å². The van der Waals surface area contributed by atoms with Crippen molar-refractivity contribution in [3.63, 3.8) is 0 Å². The Balaban J connectivity index is 2.28. The van der Waals surface area contributed by atoms with Crippen LogP contribution in [0, 0.1) is 5.92 Å². The quantitative estimate of drug-likeness (QED) is 0.534. The predicted molar refractivity (Wildman–Crippen MR) is 57.2 cm³/mol. The maximum atomic E-state index is 11.2. The maximum absolute atomic E-state index is 11.2. The van der Waals surface area contributed by atoms with Crippen molar-refractivity contribution in [2.75, 3.05) is 18.1 Å². The largest absolute Gasteiger partial charge is 0.461 e. The van der Waals surface area contributed by atoms with Crippen LogP contribution in [0.15, 0.2) is 12.2 Å². The predicted octanol–water partition coefficient (Wildman–Crippen LogP) is 0.931. The van der Waals surface area contributed by atoms with Crippen molar-refractivity contribution in [2.24, 2.45) is 5.92 Å². The van der Waals surface area contributed by atoms with Gasteiger partial charge in [0.2, 0.25) is 0 Å². The average molecular weight is 232 g/mol. The SMILES string of the molecule is C/C=C\COC(=O)C[C@H]1CCS(=O)(=O)C1. The van der Waals surface area contributed by atoms with Gasteiger partial charge in [0, 0.05) is 6.42 Å². The van der Waals surface area contributed by atoms with Crippen LogP contribution in [0.3, 0.4) is 0 Å². The van der Waals surface area contributed by atoms with E-state index in [0.717, 1.165) is 0 Å². The van der Waals surface area contributed by atoms with E-state index in [9.17, 15) is 13.2 Å². The number of hydrogen-bond acceptors (Lipinski definition) is 4. The molecule has 1 saturated heterocycles. The van der Waals surface area contributed by atoms with Gasteiger partial charge in [-0.15, -0.1) is 0 Å². The summed E-state index contributed by atoms with van der Waals surface area (Å²) in [5, 5.41) is 0. The number of carbonyl (C=O) groups is 1. The van der Waals surface area contributed by atoms with Crippen LogP contribution >= 0.6 is 0 Å². The molecule has 0 N–H and O–H groups in total. The fraction of sp³-hybridized carbons (Fsp3) is 0.700. The van der Waals surface area contributed by atoms with Crippen molar-refractivity contribution >= 4 is 15.8 Å². The molecule has 0 aromatic carbocycles. The molecule has 0 bridgehead atoms. The Morgan fingerprint density at radius 2 is 2.27 bits per heavy atom. The third-order valence-electron chi connectivity index (χ3n) is 2.36. The monoisotopic (exact) mass is 232 g/mol. The standard InChI is InChI=1S/C10H16O4S/c1-2-3-5-14-10(11)7-9-4-6-15(12,13)8-9/h2-3,9H,4-8H2,1H3/b3-2-/t9-/m1/s1. The van der Waals surface area contributed by atoms with Crippen LogP contribution < -0.4 is 0 Å². The summed E-state index contributed by atoms with van der Waals surface area (Å²) in [6, 6.07) is 0. The summed E-state index contributed by atoms with van der Waals surface area (Å²) in [4.78, 5) is 11.2. The highest BCUT2D eigenvalue weighted by molar-refractivity contribution is 7.91. The summed E-state index contributed by atoms with van der Waals surface area (Å²) in [5.74, 6) is -0.0192. The molecular formula is C10H16O4S. The second-order valence-electron chi connectivity index (χ2n) is 3.73. The summed E-state index contributed by atoms with van der Waals surface area (Å²) in [6.07, 6.45) is 4.34. The molecule has 1 atom stereocenters. The first kappa shape index (κ1) is 12.2. The summed E-state index contributed by atoms with van der Waals surface area (Å²) in [6.45, 7) is 2.12. The summed E-state index contributed by atoms with van der Waals surface area (Å²) in [5.41, 5.74) is 0. The van der Waals surface area contributed by atoms with Crippen molar-refractivity contribution in [3.05, 3.63) is 12.2 Å². The van der Waals surface area contributed by atoms with Gasteiger partial charge >= 0.3 is 5.97 Å². The molecule has 1 heterocycles. The lowest BCUT2D eigenvalue weighted by molar-refractivity contribution is -0.143. The Labute approximate surface area is 90.2 Å². The molecule has 5 heteroatoms. The topological polar surface area (TPSA) is 60.4 Å². The lowest BCUT2D eigenvalue weighted by Crippen LogP contribution is -2.13. The average Bonchev–Trinajstić information content (AvgIpc) is 2.46. The van der Waals surface area contributed by atoms with E-state index in [1.54, 1.807) is 12.2 Å². The molecule has 1 aliphatic rings. The van der Waals surface area contributed by atoms with Crippen LogP contribution in [-0.4, -0.2) is 32.5 Å². The third-order valence-corrected chi connectivity index (χ3v) is 4.20. The van der Waals surface area contributed by atoms with E-state index < -0.39 is 9.84 Å². The van der Waals surface area contributed by atoms with Gasteiger partial charge in [-0.05, 0) is 19.3 Å². The number of hydrogen-bond donors (Lipinski definition) is 0. The molecule has 0 amide bonds. The minimum Gasteiger partial charge on any atom is -0.461 e. The second-order valence-corrected chi connectivity index (χ2v) is 5.95. The van der Waals surface area contributed by atoms with E-state index in [0.29, 0.717) is 6.42 Å². The number of rotatable bonds is 4. The molecule has 0 aliphatic carbocycles. The molecule has 0 saturated carbocycles. The van der Waals surface area contributed by atoms with Gasteiger partial charge in [-0.1, -0.05) is 12.2 Å². The Hall–Kier alpha value is -0.840. The zero-order valence-corrected chi connectivity index (χ0v) is 9.63. The Morgan fingerprint density at radius 1 is 1.53 bits per heavy atom. The van der Waals surface area contributed by atoms with Crippen molar-refractivity contribution in [3.8, 4) is 0 Å². The van der Waals surface area contributed by atoms with E-state index in [4.69, 9.17) is 4.74 Å². The van der Waals surface area contributed by atoms with Gasteiger partial charge in [0.1, 0.15) is 6.61 Å². The molecule has 0 aromatic heterocycles. The van der Waals surface area contributed by atoms with Crippen LogP contribution in [0.2, 0.25) is 0 Å². The molecule has 1 aliphatic heterocycles. The van der Waals surface area contributed by atoms with E-state index in [1.165, 1.54) is 0 Å². The number of sulfone groups is 1. The lowest BCUT2D eigenvalue weighted by Gasteiger charge is -2.06. The zero-order valence-electron chi connectivity index (χ0n) is 8.81. The molecular weight excluding hydrogens is 216 g/mol. The van der Waals surface area contributed by atoms with E-state index >= 15 is 0 Å². The van der Waals surface area contributed by atoms with E-state index in [-0.39, 0.29) is 36.4 Å². The number of ether oxygens (including phenoxy) is 1. The smallest absolute Gasteiger partial charge is 0.306 e. The molecule has 1 rings (SSSR count). The Bertz CT molecular complexity index is 342. The highest BCUT2D eigenvalue weighted by atomic mass is 32.2. The Morgan fingerprint density at radius 3 is 2.80 bits per heavy atom. The summed E-state index contributed by atoms with van der Waals surface area (Å²) >= 11 is 0. The highest BCUT2D eigenvalue weighted by Crippen LogP contribution is 2.21. The van der Waals surface area contributed by atoms with Crippen LogP contribution in [0.1, 0.15) is 19.8 Å². The third kappa shape index (κ3) is 4.46. The van der Waals surface area contributed by atoms with Gasteiger partial charge in [0.05, 0.1) is 11.5 Å². The first-order valence-corrected chi connectivity index (χ1v) is 6.83. The first-order valence-electron chi connectivity index (χ1n) is 5.00. The lowest BCUT2D eigenvalue weighted by atomic mass is 10.1. The van der Waals surface area contributed by atoms with Gasteiger partial charge in [-0.2, -0.15) is 0 Å².